The van der Waals surface area contributed by atoms with Gasteiger partial charge < -0.3 is 5.11 Å². The largest absolute Gasteiger partial charge is 0.393 e. The molecule has 6 heteroatoms. The fourth-order valence-corrected chi connectivity index (χ4v) is 3.43. The molecule has 5 nitrogen and oxygen atoms in total. The van der Waals surface area contributed by atoms with Gasteiger partial charge in [-0.25, -0.2) is 0 Å². The Labute approximate surface area is 98.0 Å². The van der Waals surface area contributed by atoms with Crippen LogP contribution in [0.5, 0.6) is 0 Å². The molecule has 16 heavy (non-hydrogen) atoms. The lowest BCUT2D eigenvalue weighted by Crippen LogP contribution is -2.51. The second-order valence-electron chi connectivity index (χ2n) is 4.34. The number of hydrogen-bond acceptors (Lipinski definition) is 3. The van der Waals surface area contributed by atoms with Gasteiger partial charge in [0.15, 0.2) is 0 Å². The van der Waals surface area contributed by atoms with E-state index in [-0.39, 0.29) is 12.1 Å². The topological polar surface area (TPSA) is 69.6 Å². The number of aliphatic hydroxyl groups is 1. The summed E-state index contributed by atoms with van der Waals surface area (Å²) in [5.41, 5.74) is 0. The summed E-state index contributed by atoms with van der Waals surface area (Å²) in [6, 6.07) is -0.0868. The summed E-state index contributed by atoms with van der Waals surface area (Å²) in [7, 11) is -3.36. The van der Waals surface area contributed by atoms with Crippen LogP contribution in [0.4, 0.5) is 0 Å². The molecule has 0 amide bonds. The highest BCUT2D eigenvalue weighted by atomic mass is 32.2. The van der Waals surface area contributed by atoms with E-state index >= 15 is 0 Å². The lowest BCUT2D eigenvalue weighted by atomic mass is 9.91. The monoisotopic (exact) mass is 250 g/mol. The van der Waals surface area contributed by atoms with Crippen molar-refractivity contribution in [2.45, 2.75) is 51.7 Å². The van der Waals surface area contributed by atoms with Gasteiger partial charge in [-0.15, -0.1) is 0 Å². The highest BCUT2D eigenvalue weighted by Crippen LogP contribution is 2.20. The van der Waals surface area contributed by atoms with E-state index in [1.807, 2.05) is 13.8 Å². The van der Waals surface area contributed by atoms with Gasteiger partial charge in [-0.05, 0) is 25.7 Å². The summed E-state index contributed by atoms with van der Waals surface area (Å²) in [5.74, 6) is 0. The molecule has 2 N–H and O–H groups in total. The van der Waals surface area contributed by atoms with Crippen molar-refractivity contribution in [3.63, 3.8) is 0 Å². The van der Waals surface area contributed by atoms with Crippen LogP contribution >= 0.6 is 0 Å². The van der Waals surface area contributed by atoms with Crippen molar-refractivity contribution >= 4 is 10.2 Å². The van der Waals surface area contributed by atoms with Crippen LogP contribution in [0.15, 0.2) is 0 Å². The zero-order chi connectivity index (χ0) is 12.2. The predicted octanol–water partition coefficient (Wildman–Crippen LogP) is 0.466. The molecule has 0 radical (unpaired) electrons. The van der Waals surface area contributed by atoms with E-state index in [1.54, 1.807) is 0 Å². The Balaban J connectivity index is 2.51. The van der Waals surface area contributed by atoms with Crippen LogP contribution in [0.2, 0.25) is 0 Å². The van der Waals surface area contributed by atoms with Crippen LogP contribution in [0.3, 0.4) is 0 Å². The smallest absolute Gasteiger partial charge is 0.279 e. The zero-order valence-electron chi connectivity index (χ0n) is 10.0. The fourth-order valence-electron chi connectivity index (χ4n) is 1.82. The first-order chi connectivity index (χ1) is 7.49. The third-order valence-electron chi connectivity index (χ3n) is 2.71. The van der Waals surface area contributed by atoms with E-state index in [0.29, 0.717) is 25.9 Å². The van der Waals surface area contributed by atoms with Crippen molar-refractivity contribution in [2.75, 3.05) is 13.1 Å². The van der Waals surface area contributed by atoms with Crippen LogP contribution < -0.4 is 4.72 Å². The van der Waals surface area contributed by atoms with Gasteiger partial charge in [-0.2, -0.15) is 17.4 Å². The first-order valence-electron chi connectivity index (χ1n) is 5.95. The zero-order valence-corrected chi connectivity index (χ0v) is 10.8. The number of nitrogens with one attached hydrogen (secondary N) is 1. The van der Waals surface area contributed by atoms with Gasteiger partial charge in [0, 0.05) is 19.1 Å². The number of nitrogens with zero attached hydrogens (tertiary/aromatic N) is 1. The highest BCUT2D eigenvalue weighted by Gasteiger charge is 2.32. The molecule has 1 saturated carbocycles. The maximum atomic E-state index is 12.0. The summed E-state index contributed by atoms with van der Waals surface area (Å²) in [6.45, 7) is 5.04. The molecule has 0 heterocycles. The summed E-state index contributed by atoms with van der Waals surface area (Å²) >= 11 is 0. The lowest BCUT2D eigenvalue weighted by molar-refractivity contribution is 0.0705. The average molecular weight is 250 g/mol. The Morgan fingerprint density at radius 3 is 2.12 bits per heavy atom. The Morgan fingerprint density at radius 2 is 1.75 bits per heavy atom. The third-order valence-corrected chi connectivity index (χ3v) is 4.39. The normalized spacial score (nSPS) is 25.8. The SMILES string of the molecule is CCCN(CCC)S(=O)(=O)NC1CC(O)C1. The molecule has 0 atom stereocenters. The Hall–Kier alpha value is -0.170. The van der Waals surface area contributed by atoms with Crippen molar-refractivity contribution in [1.29, 1.82) is 0 Å². The van der Waals surface area contributed by atoms with Gasteiger partial charge in [-0.1, -0.05) is 13.8 Å². The van der Waals surface area contributed by atoms with Crippen LogP contribution in [0, 0.1) is 0 Å². The Kier molecular flexibility index (Phi) is 5.17. The molecule has 0 aromatic carbocycles. The minimum Gasteiger partial charge on any atom is -0.393 e. The van der Waals surface area contributed by atoms with E-state index in [0.717, 1.165) is 12.8 Å². The molecule has 96 valence electrons. The maximum absolute atomic E-state index is 12.0. The quantitative estimate of drug-likeness (QED) is 0.690. The van der Waals surface area contributed by atoms with Gasteiger partial charge in [0.2, 0.25) is 0 Å². The van der Waals surface area contributed by atoms with E-state index in [9.17, 15) is 8.42 Å². The van der Waals surface area contributed by atoms with E-state index in [2.05, 4.69) is 4.72 Å². The lowest BCUT2D eigenvalue weighted by Gasteiger charge is -2.33. The van der Waals surface area contributed by atoms with Crippen molar-refractivity contribution < 1.29 is 13.5 Å². The predicted molar refractivity (Wildman–Crippen MR) is 63.2 cm³/mol. The maximum Gasteiger partial charge on any atom is 0.279 e. The molecule has 0 saturated heterocycles. The molecule has 1 rings (SSSR count). The van der Waals surface area contributed by atoms with Crippen molar-refractivity contribution in [1.82, 2.24) is 9.03 Å². The molecule has 0 aliphatic heterocycles. The summed E-state index contributed by atoms with van der Waals surface area (Å²) in [5, 5.41) is 9.11. The summed E-state index contributed by atoms with van der Waals surface area (Å²) in [4.78, 5) is 0. The molecule has 0 unspecified atom stereocenters. The van der Waals surface area contributed by atoms with Crippen molar-refractivity contribution in [3.05, 3.63) is 0 Å². The number of aliphatic hydroxyl groups excluding tert-OH is 1. The second-order valence-corrected chi connectivity index (χ2v) is 6.05. The minimum absolute atomic E-state index is 0.0868. The van der Waals surface area contributed by atoms with Gasteiger partial charge in [0.1, 0.15) is 0 Å². The highest BCUT2D eigenvalue weighted by molar-refractivity contribution is 7.87. The van der Waals surface area contributed by atoms with Crippen LogP contribution in [0.1, 0.15) is 39.5 Å². The van der Waals surface area contributed by atoms with Crippen LogP contribution in [0.25, 0.3) is 0 Å². The Morgan fingerprint density at radius 1 is 1.25 bits per heavy atom. The molecule has 0 bridgehead atoms. The first-order valence-corrected chi connectivity index (χ1v) is 7.39. The van der Waals surface area contributed by atoms with Gasteiger partial charge in [0.25, 0.3) is 10.2 Å². The third kappa shape index (κ3) is 3.69. The Bertz CT molecular complexity index is 293. The molecule has 1 aliphatic rings. The molecule has 1 fully saturated rings. The van der Waals surface area contributed by atoms with Crippen LogP contribution in [-0.2, 0) is 10.2 Å². The molecule has 0 aromatic heterocycles. The minimum atomic E-state index is -3.36. The number of hydrogen-bond donors (Lipinski definition) is 2. The summed E-state index contributed by atoms with van der Waals surface area (Å²) < 4.78 is 28.0. The van der Waals surface area contributed by atoms with Crippen molar-refractivity contribution in [2.24, 2.45) is 0 Å². The molecule has 0 aromatic rings. The molecular weight excluding hydrogens is 228 g/mol. The van der Waals surface area contributed by atoms with E-state index < -0.39 is 10.2 Å². The molecular formula is C10H22N2O3S. The molecule has 0 spiro atoms. The average Bonchev–Trinajstić information content (AvgIpc) is 2.15. The van der Waals surface area contributed by atoms with Crippen LogP contribution in [-0.4, -0.2) is 43.1 Å². The first kappa shape index (κ1) is 13.9. The second kappa shape index (κ2) is 5.95. The van der Waals surface area contributed by atoms with Gasteiger partial charge >= 0.3 is 0 Å². The van der Waals surface area contributed by atoms with Crippen molar-refractivity contribution in [3.8, 4) is 0 Å². The number of rotatable bonds is 7. The van der Waals surface area contributed by atoms with E-state index in [1.165, 1.54) is 4.31 Å². The van der Waals surface area contributed by atoms with Gasteiger partial charge in [-0.3, -0.25) is 0 Å². The fraction of sp³-hybridized carbons (Fsp3) is 1.00. The van der Waals surface area contributed by atoms with Gasteiger partial charge in [0.05, 0.1) is 6.10 Å². The molecule has 1 aliphatic carbocycles. The summed E-state index contributed by atoms with van der Waals surface area (Å²) in [6.07, 6.45) is 2.36. The van der Waals surface area contributed by atoms with E-state index in [4.69, 9.17) is 5.11 Å². The standard InChI is InChI=1S/C10H22N2O3S/c1-3-5-12(6-4-2)16(14,15)11-9-7-10(13)8-9/h9-11,13H,3-8H2,1-2H3.